The van der Waals surface area contributed by atoms with E-state index in [0.29, 0.717) is 23.5 Å². The van der Waals surface area contributed by atoms with Crippen LogP contribution in [0.2, 0.25) is 0 Å². The van der Waals surface area contributed by atoms with Gasteiger partial charge in [-0.2, -0.15) is 0 Å². The molecule has 85 valence electrons. The number of hydrogen-bond donors (Lipinski definition) is 1. The van der Waals surface area contributed by atoms with Crippen LogP contribution in [0.4, 0.5) is 4.79 Å². The lowest BCUT2D eigenvalue weighted by Gasteiger charge is -2.26. The molecule has 0 aliphatic carbocycles. The average Bonchev–Trinajstić information content (AvgIpc) is 2.56. The van der Waals surface area contributed by atoms with Crippen LogP contribution < -0.4 is 5.73 Å². The molecule has 0 spiro atoms. The van der Waals surface area contributed by atoms with Crippen LogP contribution >= 0.6 is 11.3 Å². The third kappa shape index (κ3) is 1.80. The number of carbonyl (C=O) groups excluding carboxylic acids is 2. The number of rotatable bonds is 0. The normalized spacial score (nSPS) is 19.1. The molecule has 3 amide bonds. The first-order chi connectivity index (χ1) is 7.41. The second-order valence-corrected chi connectivity index (χ2v) is 5.45. The van der Waals surface area contributed by atoms with Crippen LogP contribution in [-0.2, 0) is 6.42 Å². The van der Waals surface area contributed by atoms with E-state index in [4.69, 9.17) is 5.73 Å². The number of nitrogens with two attached hydrogens (primary N) is 1. The number of aromatic nitrogens is 1. The Kier molecular flexibility index (Phi) is 2.46. The number of carbonyl (C=O) groups is 2. The fourth-order valence-electron chi connectivity index (χ4n) is 1.83. The molecule has 5 nitrogen and oxygen atoms in total. The van der Waals surface area contributed by atoms with Crippen LogP contribution in [0.15, 0.2) is 0 Å². The molecular weight excluding hydrogens is 226 g/mol. The standard InChI is InChI=1S/C10H12N3O2S/c1-10(2)3-6-7(16-5-12-6)8(14)13(4-10)9(11)15/h3-4H2,1-2H3,(H2,11,15). The monoisotopic (exact) mass is 238 g/mol. The van der Waals surface area contributed by atoms with Gasteiger partial charge in [-0.05, 0) is 11.8 Å². The summed E-state index contributed by atoms with van der Waals surface area (Å²) in [6.07, 6.45) is 0.651. The molecule has 16 heavy (non-hydrogen) atoms. The van der Waals surface area contributed by atoms with Crippen LogP contribution in [0, 0.1) is 10.9 Å². The number of imide groups is 1. The topological polar surface area (TPSA) is 76.3 Å². The van der Waals surface area contributed by atoms with Crippen molar-refractivity contribution in [1.82, 2.24) is 9.88 Å². The summed E-state index contributed by atoms with van der Waals surface area (Å²) in [4.78, 5) is 28.8. The molecule has 0 unspecified atom stereocenters. The van der Waals surface area contributed by atoms with Gasteiger partial charge in [0.2, 0.25) is 0 Å². The molecular formula is C10H12N3O2S. The van der Waals surface area contributed by atoms with Gasteiger partial charge in [0.25, 0.3) is 5.91 Å². The Morgan fingerprint density at radius 3 is 2.94 bits per heavy atom. The Bertz CT molecular complexity index is 453. The number of urea groups is 1. The number of primary amides is 1. The van der Waals surface area contributed by atoms with E-state index < -0.39 is 6.03 Å². The lowest BCUT2D eigenvalue weighted by molar-refractivity contribution is 0.0774. The molecule has 1 aromatic heterocycles. The molecule has 6 heteroatoms. The van der Waals surface area contributed by atoms with Crippen LogP contribution in [0.25, 0.3) is 0 Å². The lowest BCUT2D eigenvalue weighted by Crippen LogP contribution is -2.44. The van der Waals surface area contributed by atoms with E-state index in [2.05, 4.69) is 10.5 Å². The number of amides is 3. The molecule has 1 aliphatic heterocycles. The highest BCUT2D eigenvalue weighted by Gasteiger charge is 2.36. The number of hydrogen-bond acceptors (Lipinski definition) is 4. The molecule has 1 aliphatic rings. The maximum atomic E-state index is 12.0. The van der Waals surface area contributed by atoms with E-state index in [-0.39, 0.29) is 11.3 Å². The van der Waals surface area contributed by atoms with E-state index in [9.17, 15) is 9.59 Å². The van der Waals surface area contributed by atoms with Crippen molar-refractivity contribution in [1.29, 1.82) is 0 Å². The Morgan fingerprint density at radius 2 is 2.31 bits per heavy atom. The van der Waals surface area contributed by atoms with E-state index in [1.165, 1.54) is 0 Å². The predicted molar refractivity (Wildman–Crippen MR) is 59.1 cm³/mol. The summed E-state index contributed by atoms with van der Waals surface area (Å²) >= 11 is 1.13. The van der Waals surface area contributed by atoms with Crippen LogP contribution in [0.5, 0.6) is 0 Å². The molecule has 2 heterocycles. The maximum absolute atomic E-state index is 12.0. The molecule has 2 rings (SSSR count). The van der Waals surface area contributed by atoms with Crippen LogP contribution in [0.1, 0.15) is 29.2 Å². The molecule has 0 saturated heterocycles. The summed E-state index contributed by atoms with van der Waals surface area (Å²) in [6, 6.07) is -0.709. The zero-order valence-electron chi connectivity index (χ0n) is 9.11. The fourth-order valence-corrected chi connectivity index (χ4v) is 2.51. The summed E-state index contributed by atoms with van der Waals surface area (Å²) in [5.41, 5.74) is 8.40. The highest BCUT2D eigenvalue weighted by atomic mass is 32.1. The Morgan fingerprint density at radius 1 is 1.62 bits per heavy atom. The first-order valence-corrected chi connectivity index (χ1v) is 5.69. The Hall–Kier alpha value is -1.43. The van der Waals surface area contributed by atoms with Gasteiger partial charge in [-0.15, -0.1) is 11.3 Å². The van der Waals surface area contributed by atoms with Gasteiger partial charge in [0.05, 0.1) is 5.69 Å². The molecule has 1 radical (unpaired) electrons. The number of fused-ring (bicyclic) bond motifs is 1. The van der Waals surface area contributed by atoms with E-state index in [1.54, 1.807) is 0 Å². The van der Waals surface area contributed by atoms with Gasteiger partial charge in [0.15, 0.2) is 5.51 Å². The van der Waals surface area contributed by atoms with E-state index >= 15 is 0 Å². The predicted octanol–water partition coefficient (Wildman–Crippen LogP) is 1.05. The minimum Gasteiger partial charge on any atom is -0.351 e. The molecule has 0 atom stereocenters. The van der Waals surface area contributed by atoms with Crippen molar-refractivity contribution in [3.63, 3.8) is 0 Å². The maximum Gasteiger partial charge on any atom is 0.321 e. The summed E-state index contributed by atoms with van der Waals surface area (Å²) in [5.74, 6) is -0.355. The largest absolute Gasteiger partial charge is 0.351 e. The van der Waals surface area contributed by atoms with Gasteiger partial charge in [0.1, 0.15) is 4.88 Å². The van der Waals surface area contributed by atoms with Crippen molar-refractivity contribution in [2.75, 3.05) is 6.54 Å². The van der Waals surface area contributed by atoms with Gasteiger partial charge in [-0.1, -0.05) is 13.8 Å². The second-order valence-electron chi connectivity index (χ2n) is 4.65. The minimum atomic E-state index is -0.709. The lowest BCUT2D eigenvalue weighted by atomic mass is 9.88. The molecule has 2 N–H and O–H groups in total. The highest BCUT2D eigenvalue weighted by molar-refractivity contribution is 7.11. The third-order valence-corrected chi connectivity index (χ3v) is 3.32. The first kappa shape index (κ1) is 11.1. The van der Waals surface area contributed by atoms with E-state index in [0.717, 1.165) is 16.2 Å². The summed E-state index contributed by atoms with van der Waals surface area (Å²) in [7, 11) is 0. The van der Waals surface area contributed by atoms with E-state index in [1.807, 2.05) is 13.8 Å². The third-order valence-electron chi connectivity index (χ3n) is 2.53. The number of thiazole rings is 1. The second kappa shape index (κ2) is 3.55. The zero-order valence-corrected chi connectivity index (χ0v) is 9.93. The highest BCUT2D eigenvalue weighted by Crippen LogP contribution is 2.30. The molecule has 0 saturated carbocycles. The van der Waals surface area contributed by atoms with Crippen LogP contribution in [-0.4, -0.2) is 28.4 Å². The van der Waals surface area contributed by atoms with Crippen LogP contribution in [0.3, 0.4) is 0 Å². The fraction of sp³-hybridized carbons (Fsp3) is 0.500. The Balaban J connectivity index is 2.48. The molecule has 0 aromatic carbocycles. The van der Waals surface area contributed by atoms with Crippen molar-refractivity contribution >= 4 is 23.3 Å². The summed E-state index contributed by atoms with van der Waals surface area (Å²) < 4.78 is 0. The van der Waals surface area contributed by atoms with Crippen molar-refractivity contribution in [3.05, 3.63) is 16.1 Å². The first-order valence-electron chi connectivity index (χ1n) is 4.88. The Labute approximate surface area is 97.3 Å². The SMILES string of the molecule is CC1(C)Cc2n[c]sc2C(=O)N(C(N)=O)C1. The van der Waals surface area contributed by atoms with Gasteiger partial charge >= 0.3 is 6.03 Å². The summed E-state index contributed by atoms with van der Waals surface area (Å²) in [5, 5.41) is 0. The van der Waals surface area contributed by atoms with Gasteiger partial charge < -0.3 is 5.73 Å². The smallest absolute Gasteiger partial charge is 0.321 e. The summed E-state index contributed by atoms with van der Waals surface area (Å²) in [6.45, 7) is 4.28. The molecule has 0 fully saturated rings. The van der Waals surface area contributed by atoms with Gasteiger partial charge in [-0.25, -0.2) is 9.78 Å². The van der Waals surface area contributed by atoms with Crippen molar-refractivity contribution in [2.45, 2.75) is 20.3 Å². The van der Waals surface area contributed by atoms with Crippen molar-refractivity contribution in [2.24, 2.45) is 11.1 Å². The van der Waals surface area contributed by atoms with Gasteiger partial charge in [-0.3, -0.25) is 9.69 Å². The molecule has 0 bridgehead atoms. The van der Waals surface area contributed by atoms with Crippen molar-refractivity contribution in [3.8, 4) is 0 Å². The number of nitrogens with zero attached hydrogens (tertiary/aromatic N) is 2. The minimum absolute atomic E-state index is 0.210. The van der Waals surface area contributed by atoms with Crippen molar-refractivity contribution < 1.29 is 9.59 Å². The van der Waals surface area contributed by atoms with Gasteiger partial charge in [0, 0.05) is 6.54 Å². The average molecular weight is 238 g/mol. The quantitative estimate of drug-likeness (QED) is 0.733. The molecule has 1 aromatic rings. The zero-order chi connectivity index (χ0) is 11.9.